The van der Waals surface area contributed by atoms with Crippen LogP contribution in [0.15, 0.2) is 6.07 Å². The molecule has 1 aromatic carbocycles. The number of ether oxygens (including phenoxy) is 1. The fraction of sp³-hybridized carbons (Fsp3) is 0.455. The van der Waals surface area contributed by atoms with Crippen molar-refractivity contribution in [3.63, 3.8) is 0 Å². The Morgan fingerprint density at radius 2 is 1.53 bits per heavy atom. The van der Waals surface area contributed by atoms with Crippen molar-refractivity contribution >= 4 is 12.6 Å². The first-order valence-corrected chi connectivity index (χ1v) is 5.77. The zero-order valence-electron chi connectivity index (χ0n) is 8.98. The van der Waals surface area contributed by atoms with Gasteiger partial charge in [-0.3, -0.25) is 0 Å². The lowest BCUT2D eigenvalue weighted by Gasteiger charge is -2.09. The smallest absolute Gasteiger partial charge is 0.203 e. The van der Waals surface area contributed by atoms with Crippen molar-refractivity contribution in [1.29, 1.82) is 0 Å². The molecule has 0 amide bonds. The minimum Gasteiger partial charge on any atom is -0.487 e. The van der Waals surface area contributed by atoms with Gasteiger partial charge in [0, 0.05) is 6.07 Å². The summed E-state index contributed by atoms with van der Waals surface area (Å²) in [6, 6.07) is 0.151. The highest BCUT2D eigenvalue weighted by Crippen LogP contribution is 2.26. The van der Waals surface area contributed by atoms with Gasteiger partial charge in [-0.2, -0.15) is 21.4 Å². The molecule has 17 heavy (non-hydrogen) atoms. The molecule has 0 unspecified atom stereocenters. The van der Waals surface area contributed by atoms with Crippen LogP contribution in [0, 0.1) is 23.3 Å². The largest absolute Gasteiger partial charge is 0.487 e. The van der Waals surface area contributed by atoms with Crippen molar-refractivity contribution in [3.8, 4) is 5.75 Å². The van der Waals surface area contributed by atoms with E-state index < -0.39 is 29.0 Å². The van der Waals surface area contributed by atoms with Crippen molar-refractivity contribution in [2.45, 2.75) is 19.3 Å². The minimum absolute atomic E-state index is 0.00448. The number of thiol groups is 1. The van der Waals surface area contributed by atoms with Crippen LogP contribution < -0.4 is 4.74 Å². The van der Waals surface area contributed by atoms with E-state index in [1.165, 1.54) is 0 Å². The van der Waals surface area contributed by atoms with Crippen molar-refractivity contribution in [3.05, 3.63) is 29.3 Å². The van der Waals surface area contributed by atoms with E-state index in [0.717, 1.165) is 12.8 Å². The zero-order valence-corrected chi connectivity index (χ0v) is 9.87. The van der Waals surface area contributed by atoms with E-state index >= 15 is 0 Å². The molecule has 0 aliphatic rings. The maximum atomic E-state index is 13.1. The van der Waals surface area contributed by atoms with Gasteiger partial charge in [-0.05, 0) is 25.0 Å². The predicted molar refractivity (Wildman–Crippen MR) is 59.5 cm³/mol. The Morgan fingerprint density at radius 1 is 0.941 bits per heavy atom. The molecular formula is C11H12F4OS. The van der Waals surface area contributed by atoms with Crippen LogP contribution in [0.2, 0.25) is 0 Å². The van der Waals surface area contributed by atoms with Crippen LogP contribution in [0.1, 0.15) is 19.3 Å². The average molecular weight is 268 g/mol. The van der Waals surface area contributed by atoms with Crippen molar-refractivity contribution in [1.82, 2.24) is 0 Å². The second kappa shape index (κ2) is 6.74. The van der Waals surface area contributed by atoms with Gasteiger partial charge in [0.25, 0.3) is 0 Å². The zero-order chi connectivity index (χ0) is 12.8. The number of benzene rings is 1. The molecule has 0 aliphatic carbocycles. The van der Waals surface area contributed by atoms with E-state index in [1.807, 2.05) is 0 Å². The number of hydrogen-bond donors (Lipinski definition) is 1. The van der Waals surface area contributed by atoms with Crippen molar-refractivity contribution < 1.29 is 22.3 Å². The Labute approximate surface area is 102 Å². The molecule has 1 aromatic rings. The van der Waals surface area contributed by atoms with E-state index in [0.29, 0.717) is 12.2 Å². The molecule has 0 bridgehead atoms. The van der Waals surface area contributed by atoms with E-state index in [2.05, 4.69) is 12.6 Å². The summed E-state index contributed by atoms with van der Waals surface area (Å²) in [5.74, 6) is -6.22. The molecule has 0 radical (unpaired) electrons. The summed E-state index contributed by atoms with van der Waals surface area (Å²) in [4.78, 5) is 0. The van der Waals surface area contributed by atoms with Gasteiger partial charge in [-0.1, -0.05) is 0 Å². The molecule has 0 heterocycles. The minimum atomic E-state index is -1.50. The molecule has 0 N–H and O–H groups in total. The maximum Gasteiger partial charge on any atom is 0.203 e. The van der Waals surface area contributed by atoms with Crippen LogP contribution >= 0.6 is 12.6 Å². The van der Waals surface area contributed by atoms with Gasteiger partial charge in [0.2, 0.25) is 11.6 Å². The molecule has 0 atom stereocenters. The Hall–Kier alpha value is -0.910. The third-order valence-corrected chi connectivity index (χ3v) is 2.44. The van der Waals surface area contributed by atoms with Crippen LogP contribution in [0.3, 0.4) is 0 Å². The van der Waals surface area contributed by atoms with Gasteiger partial charge in [0.05, 0.1) is 6.61 Å². The van der Waals surface area contributed by atoms with Crippen LogP contribution in [0.25, 0.3) is 0 Å². The average Bonchev–Trinajstić information content (AvgIpc) is 2.30. The quantitative estimate of drug-likeness (QED) is 0.358. The van der Waals surface area contributed by atoms with Crippen LogP contribution in [-0.2, 0) is 0 Å². The monoisotopic (exact) mass is 268 g/mol. The fourth-order valence-corrected chi connectivity index (χ4v) is 1.47. The molecule has 1 nitrogen and oxygen atoms in total. The molecular weight excluding hydrogens is 256 g/mol. The Kier molecular flexibility index (Phi) is 5.61. The molecule has 0 spiro atoms. The van der Waals surface area contributed by atoms with Gasteiger partial charge < -0.3 is 4.74 Å². The van der Waals surface area contributed by atoms with Gasteiger partial charge >= 0.3 is 0 Å². The highest BCUT2D eigenvalue weighted by atomic mass is 32.1. The third kappa shape index (κ3) is 3.80. The second-order valence-electron chi connectivity index (χ2n) is 3.43. The highest BCUT2D eigenvalue weighted by Gasteiger charge is 2.20. The van der Waals surface area contributed by atoms with Crippen LogP contribution in [0.4, 0.5) is 17.6 Å². The molecule has 0 aliphatic heterocycles. The summed E-state index contributed by atoms with van der Waals surface area (Å²) in [6.07, 6.45) is 2.15. The lowest BCUT2D eigenvalue weighted by molar-refractivity contribution is 0.264. The standard InChI is InChI=1S/C11H12F4OS/c12-7-6-8(13)10(15)11(9(7)14)16-4-2-1-3-5-17/h6,17H,1-5H2. The number of halogens is 4. The molecule has 6 heteroatoms. The van der Waals surface area contributed by atoms with Gasteiger partial charge in [0.1, 0.15) is 0 Å². The summed E-state index contributed by atoms with van der Waals surface area (Å²) in [5.41, 5.74) is 0. The Balaban J connectivity index is 2.64. The van der Waals surface area contributed by atoms with Crippen LogP contribution in [-0.4, -0.2) is 12.4 Å². The first-order chi connectivity index (χ1) is 8.07. The lowest BCUT2D eigenvalue weighted by atomic mass is 10.2. The van der Waals surface area contributed by atoms with Crippen LogP contribution in [0.5, 0.6) is 5.75 Å². The molecule has 0 saturated heterocycles. The molecule has 96 valence electrons. The summed E-state index contributed by atoms with van der Waals surface area (Å²) in [6.45, 7) is 0.00448. The Bertz CT molecular complexity index is 358. The molecule has 0 fully saturated rings. The summed E-state index contributed by atoms with van der Waals surface area (Å²) >= 11 is 3.99. The van der Waals surface area contributed by atoms with E-state index in [9.17, 15) is 17.6 Å². The highest BCUT2D eigenvalue weighted by molar-refractivity contribution is 7.80. The van der Waals surface area contributed by atoms with E-state index in [1.54, 1.807) is 0 Å². The maximum absolute atomic E-state index is 13.1. The third-order valence-electron chi connectivity index (χ3n) is 2.12. The summed E-state index contributed by atoms with van der Waals surface area (Å²) < 4.78 is 56.5. The van der Waals surface area contributed by atoms with Crippen molar-refractivity contribution in [2.75, 3.05) is 12.4 Å². The topological polar surface area (TPSA) is 9.23 Å². The number of unbranched alkanes of at least 4 members (excludes halogenated alkanes) is 2. The van der Waals surface area contributed by atoms with Crippen molar-refractivity contribution in [2.24, 2.45) is 0 Å². The number of rotatable bonds is 6. The normalized spacial score (nSPS) is 10.6. The first-order valence-electron chi connectivity index (χ1n) is 5.14. The summed E-state index contributed by atoms with van der Waals surface area (Å²) in [7, 11) is 0. The number of hydrogen-bond acceptors (Lipinski definition) is 2. The lowest BCUT2D eigenvalue weighted by Crippen LogP contribution is -2.05. The van der Waals surface area contributed by atoms with Gasteiger partial charge in [0.15, 0.2) is 17.4 Å². The molecule has 0 saturated carbocycles. The van der Waals surface area contributed by atoms with E-state index in [4.69, 9.17) is 4.74 Å². The fourth-order valence-electron chi connectivity index (χ4n) is 1.24. The molecule has 1 rings (SSSR count). The van der Waals surface area contributed by atoms with Gasteiger partial charge in [-0.15, -0.1) is 0 Å². The first kappa shape index (κ1) is 14.2. The van der Waals surface area contributed by atoms with Gasteiger partial charge in [-0.25, -0.2) is 8.78 Å². The molecule has 0 aromatic heterocycles. The predicted octanol–water partition coefficient (Wildman–Crippen LogP) is 3.72. The summed E-state index contributed by atoms with van der Waals surface area (Å²) in [5, 5.41) is 0. The SMILES string of the molecule is Fc1cc(F)c(F)c(OCCCCCS)c1F. The second-order valence-corrected chi connectivity index (χ2v) is 3.88. The Morgan fingerprint density at radius 3 is 2.06 bits per heavy atom. The van der Waals surface area contributed by atoms with E-state index in [-0.39, 0.29) is 12.7 Å².